The monoisotopic (exact) mass is 285 g/mol. The highest BCUT2D eigenvalue weighted by molar-refractivity contribution is 5.93. The average molecular weight is 285 g/mol. The minimum Gasteiger partial charge on any atom is -0.338 e. The first kappa shape index (κ1) is 13.7. The Bertz CT molecular complexity index is 639. The topological polar surface area (TPSA) is 74.8 Å². The number of nitrogens with zero attached hydrogens (tertiary/aromatic N) is 4. The predicted octanol–water partition coefficient (Wildman–Crippen LogP) is 1.70. The second-order valence-electron chi connectivity index (χ2n) is 5.95. The van der Waals surface area contributed by atoms with E-state index in [4.69, 9.17) is 0 Å². The zero-order chi connectivity index (χ0) is 14.9. The van der Waals surface area contributed by atoms with Gasteiger partial charge in [-0.2, -0.15) is 5.10 Å². The third kappa shape index (κ3) is 2.53. The molecule has 1 N–H and O–H groups in total. The maximum absolute atomic E-state index is 12.6. The summed E-state index contributed by atoms with van der Waals surface area (Å²) < 4.78 is 0. The summed E-state index contributed by atoms with van der Waals surface area (Å²) in [5.41, 5.74) is 2.74. The molecule has 21 heavy (non-hydrogen) atoms. The molecule has 2 aromatic rings. The number of hydrogen-bond acceptors (Lipinski definition) is 4. The van der Waals surface area contributed by atoms with Gasteiger partial charge < -0.3 is 4.90 Å². The van der Waals surface area contributed by atoms with Gasteiger partial charge in [0.15, 0.2) is 0 Å². The van der Waals surface area contributed by atoms with Gasteiger partial charge in [0.05, 0.1) is 11.8 Å². The quantitative estimate of drug-likeness (QED) is 0.911. The molecule has 2 aromatic heterocycles. The number of likely N-dealkylation sites (tertiary alicyclic amines) is 1. The highest BCUT2D eigenvalue weighted by atomic mass is 16.2. The normalized spacial score (nSPS) is 22.3. The van der Waals surface area contributed by atoms with Crippen molar-refractivity contribution in [2.45, 2.75) is 32.1 Å². The first-order valence-corrected chi connectivity index (χ1v) is 7.15. The SMILES string of the molecule is Cc1cn[nH]c1[C@]1(C)CCCN(C(=O)c2cncnc2)C1. The lowest BCUT2D eigenvalue weighted by Crippen LogP contribution is -2.47. The molecule has 1 aliphatic heterocycles. The highest BCUT2D eigenvalue weighted by Gasteiger charge is 2.37. The van der Waals surface area contributed by atoms with Crippen LogP contribution in [0.2, 0.25) is 0 Å². The van der Waals surface area contributed by atoms with Gasteiger partial charge in [0, 0.05) is 36.6 Å². The third-order valence-electron chi connectivity index (χ3n) is 4.22. The number of nitrogens with one attached hydrogen (secondary N) is 1. The Morgan fingerprint density at radius 1 is 1.33 bits per heavy atom. The molecule has 0 radical (unpaired) electrons. The zero-order valence-electron chi connectivity index (χ0n) is 12.3. The van der Waals surface area contributed by atoms with Crippen molar-refractivity contribution in [3.63, 3.8) is 0 Å². The average Bonchev–Trinajstić information content (AvgIpc) is 2.94. The van der Waals surface area contributed by atoms with Gasteiger partial charge in [0.2, 0.25) is 0 Å². The molecule has 0 spiro atoms. The van der Waals surface area contributed by atoms with Crippen LogP contribution in [-0.4, -0.2) is 44.1 Å². The number of amides is 1. The summed E-state index contributed by atoms with van der Waals surface area (Å²) in [6, 6.07) is 0. The molecule has 1 saturated heterocycles. The van der Waals surface area contributed by atoms with Crippen molar-refractivity contribution < 1.29 is 4.79 Å². The van der Waals surface area contributed by atoms with Gasteiger partial charge in [-0.3, -0.25) is 9.89 Å². The van der Waals surface area contributed by atoms with Crippen LogP contribution in [0, 0.1) is 6.92 Å². The van der Waals surface area contributed by atoms with Crippen molar-refractivity contribution in [1.29, 1.82) is 0 Å². The maximum Gasteiger partial charge on any atom is 0.257 e. The molecule has 6 heteroatoms. The van der Waals surface area contributed by atoms with Crippen LogP contribution in [0.3, 0.4) is 0 Å². The van der Waals surface area contributed by atoms with Crippen LogP contribution in [0.5, 0.6) is 0 Å². The number of aromatic amines is 1. The number of hydrogen-bond donors (Lipinski definition) is 1. The van der Waals surface area contributed by atoms with E-state index in [1.54, 1.807) is 12.4 Å². The Morgan fingerprint density at radius 3 is 2.76 bits per heavy atom. The van der Waals surface area contributed by atoms with Gasteiger partial charge in [0.1, 0.15) is 6.33 Å². The Balaban J connectivity index is 1.83. The summed E-state index contributed by atoms with van der Waals surface area (Å²) in [4.78, 5) is 22.3. The van der Waals surface area contributed by atoms with E-state index in [0.29, 0.717) is 12.1 Å². The van der Waals surface area contributed by atoms with E-state index in [9.17, 15) is 4.79 Å². The van der Waals surface area contributed by atoms with Crippen LogP contribution in [0.15, 0.2) is 24.9 Å². The van der Waals surface area contributed by atoms with Gasteiger partial charge in [-0.15, -0.1) is 0 Å². The van der Waals surface area contributed by atoms with Gasteiger partial charge in [-0.1, -0.05) is 6.92 Å². The van der Waals surface area contributed by atoms with Gasteiger partial charge in [0.25, 0.3) is 5.91 Å². The van der Waals surface area contributed by atoms with Crippen molar-refractivity contribution >= 4 is 5.91 Å². The number of aromatic nitrogens is 4. The second-order valence-corrected chi connectivity index (χ2v) is 5.95. The Hall–Kier alpha value is -2.24. The number of H-pyrrole nitrogens is 1. The number of rotatable bonds is 2. The van der Waals surface area contributed by atoms with Crippen molar-refractivity contribution in [2.24, 2.45) is 0 Å². The van der Waals surface area contributed by atoms with Crippen molar-refractivity contribution in [3.05, 3.63) is 41.7 Å². The molecular weight excluding hydrogens is 266 g/mol. The molecule has 3 rings (SSSR count). The second kappa shape index (κ2) is 5.27. The molecule has 1 aliphatic rings. The van der Waals surface area contributed by atoms with Crippen LogP contribution in [0.4, 0.5) is 0 Å². The van der Waals surface area contributed by atoms with E-state index in [2.05, 4.69) is 34.0 Å². The lowest BCUT2D eigenvalue weighted by molar-refractivity contribution is 0.0646. The Morgan fingerprint density at radius 2 is 2.10 bits per heavy atom. The van der Waals surface area contributed by atoms with Crippen LogP contribution in [0.1, 0.15) is 41.4 Å². The van der Waals surface area contributed by atoms with Gasteiger partial charge in [-0.25, -0.2) is 9.97 Å². The Labute approximate surface area is 123 Å². The molecule has 0 aliphatic carbocycles. The van der Waals surface area contributed by atoms with Crippen LogP contribution in [-0.2, 0) is 5.41 Å². The summed E-state index contributed by atoms with van der Waals surface area (Å²) in [7, 11) is 0. The molecule has 1 amide bonds. The van der Waals surface area contributed by atoms with E-state index in [-0.39, 0.29) is 11.3 Å². The molecule has 0 aromatic carbocycles. The summed E-state index contributed by atoms with van der Waals surface area (Å²) in [6.45, 7) is 5.70. The smallest absolute Gasteiger partial charge is 0.257 e. The Kier molecular flexibility index (Phi) is 3.45. The summed E-state index contributed by atoms with van der Waals surface area (Å²) in [5, 5.41) is 7.22. The molecule has 0 bridgehead atoms. The summed E-state index contributed by atoms with van der Waals surface area (Å²) in [5.74, 6) is -0.00121. The van der Waals surface area contributed by atoms with Crippen molar-refractivity contribution in [1.82, 2.24) is 25.1 Å². The fourth-order valence-electron chi connectivity index (χ4n) is 3.17. The van der Waals surface area contributed by atoms with Crippen molar-refractivity contribution in [3.8, 4) is 0 Å². The predicted molar refractivity (Wildman–Crippen MR) is 77.8 cm³/mol. The van der Waals surface area contributed by atoms with E-state index in [0.717, 1.165) is 30.6 Å². The lowest BCUT2D eigenvalue weighted by Gasteiger charge is -2.40. The maximum atomic E-state index is 12.6. The van der Waals surface area contributed by atoms with Crippen LogP contribution >= 0.6 is 0 Å². The summed E-state index contributed by atoms with van der Waals surface area (Å²) in [6.07, 6.45) is 8.45. The van der Waals surface area contributed by atoms with Crippen LogP contribution in [0.25, 0.3) is 0 Å². The summed E-state index contributed by atoms with van der Waals surface area (Å²) >= 11 is 0. The number of aryl methyl sites for hydroxylation is 1. The fraction of sp³-hybridized carbons (Fsp3) is 0.467. The lowest BCUT2D eigenvalue weighted by atomic mass is 9.77. The molecule has 110 valence electrons. The minimum absolute atomic E-state index is 0.00121. The largest absolute Gasteiger partial charge is 0.338 e. The molecule has 6 nitrogen and oxygen atoms in total. The molecule has 0 unspecified atom stereocenters. The molecular formula is C15H19N5O. The molecule has 0 saturated carbocycles. The number of piperidine rings is 1. The van der Waals surface area contributed by atoms with Gasteiger partial charge >= 0.3 is 0 Å². The number of carbonyl (C=O) groups excluding carboxylic acids is 1. The highest BCUT2D eigenvalue weighted by Crippen LogP contribution is 2.34. The zero-order valence-corrected chi connectivity index (χ0v) is 12.3. The van der Waals surface area contributed by atoms with Crippen molar-refractivity contribution in [2.75, 3.05) is 13.1 Å². The van der Waals surface area contributed by atoms with E-state index in [1.165, 1.54) is 6.33 Å². The van der Waals surface area contributed by atoms with Crippen LogP contribution < -0.4 is 0 Å². The number of carbonyl (C=O) groups is 1. The fourth-order valence-corrected chi connectivity index (χ4v) is 3.17. The van der Waals surface area contributed by atoms with E-state index in [1.807, 2.05) is 11.1 Å². The van der Waals surface area contributed by atoms with E-state index >= 15 is 0 Å². The van der Waals surface area contributed by atoms with E-state index < -0.39 is 0 Å². The first-order valence-electron chi connectivity index (χ1n) is 7.15. The van der Waals surface area contributed by atoms with Gasteiger partial charge in [-0.05, 0) is 25.3 Å². The first-order chi connectivity index (χ1) is 10.1. The molecule has 1 atom stereocenters. The minimum atomic E-state index is -0.0792. The molecule has 1 fully saturated rings. The third-order valence-corrected chi connectivity index (χ3v) is 4.22. The standard InChI is InChI=1S/C15H19N5O/c1-11-6-18-19-13(11)15(2)4-3-5-20(9-15)14(21)12-7-16-10-17-8-12/h6-8,10H,3-5,9H2,1-2H3,(H,18,19)/t15-/m1/s1. The molecule has 3 heterocycles.